The van der Waals surface area contributed by atoms with E-state index in [0.29, 0.717) is 37.3 Å². The van der Waals surface area contributed by atoms with Gasteiger partial charge in [0.15, 0.2) is 11.6 Å². The van der Waals surface area contributed by atoms with Crippen molar-refractivity contribution >= 4 is 15.5 Å². The van der Waals surface area contributed by atoms with Gasteiger partial charge in [-0.15, -0.1) is 0 Å². The molecule has 0 unspecified atom stereocenters. The molecule has 2 aromatic rings. The quantitative estimate of drug-likeness (QED) is 0.706. The highest BCUT2D eigenvalue weighted by Gasteiger charge is 2.48. The van der Waals surface area contributed by atoms with E-state index in [-0.39, 0.29) is 9.79 Å². The molecular formula is C21H21F2NO4S. The number of anilines is 1. The molecule has 1 saturated carbocycles. The Morgan fingerprint density at radius 3 is 2.38 bits per heavy atom. The van der Waals surface area contributed by atoms with Gasteiger partial charge in [0, 0.05) is 17.8 Å². The summed E-state index contributed by atoms with van der Waals surface area (Å²) in [4.78, 5) is 1.92. The molecule has 0 bridgehead atoms. The summed E-state index contributed by atoms with van der Waals surface area (Å²) in [5.41, 5.74) is 1.59. The van der Waals surface area contributed by atoms with Crippen LogP contribution in [-0.2, 0) is 25.1 Å². The Kier molecular flexibility index (Phi) is 4.42. The molecule has 1 spiro atoms. The molecule has 1 saturated heterocycles. The Bertz CT molecular complexity index is 1060. The molecule has 29 heavy (non-hydrogen) atoms. The van der Waals surface area contributed by atoms with E-state index in [1.54, 1.807) is 12.1 Å². The Morgan fingerprint density at radius 1 is 1.00 bits per heavy atom. The molecule has 0 N–H and O–H groups in total. The number of sulfone groups is 1. The molecule has 0 atom stereocenters. The summed E-state index contributed by atoms with van der Waals surface area (Å²) in [6.07, 6.45) is 3.18. The molecule has 1 aliphatic carbocycles. The fourth-order valence-electron chi connectivity index (χ4n) is 4.06. The van der Waals surface area contributed by atoms with Crippen molar-refractivity contribution in [1.29, 1.82) is 0 Å². The Labute approximate surface area is 168 Å². The second kappa shape index (κ2) is 6.75. The fraction of sp³-hybridized carbons (Fsp3) is 0.429. The lowest BCUT2D eigenvalue weighted by atomic mass is 10.1. The fourth-order valence-corrected chi connectivity index (χ4v) is 5.36. The van der Waals surface area contributed by atoms with Gasteiger partial charge in [0.2, 0.25) is 15.6 Å². The largest absolute Gasteiger partial charge is 0.365 e. The summed E-state index contributed by atoms with van der Waals surface area (Å²) >= 11 is 0. The van der Waals surface area contributed by atoms with Gasteiger partial charge in [-0.3, -0.25) is 0 Å². The number of rotatable bonds is 4. The van der Waals surface area contributed by atoms with E-state index in [4.69, 9.17) is 9.47 Å². The zero-order valence-electron chi connectivity index (χ0n) is 15.7. The van der Waals surface area contributed by atoms with Crippen LogP contribution in [0, 0.1) is 17.6 Å². The van der Waals surface area contributed by atoms with Crippen LogP contribution in [-0.4, -0.2) is 34.7 Å². The summed E-state index contributed by atoms with van der Waals surface area (Å²) in [7, 11) is -4.02. The van der Waals surface area contributed by atoms with E-state index in [1.807, 2.05) is 0 Å². The first-order chi connectivity index (χ1) is 13.9. The van der Waals surface area contributed by atoms with Gasteiger partial charge >= 0.3 is 0 Å². The van der Waals surface area contributed by atoms with Gasteiger partial charge in [-0.1, -0.05) is 0 Å². The molecule has 5 nitrogen and oxygen atoms in total. The molecule has 8 heteroatoms. The molecule has 2 aromatic carbocycles. The third-order valence-corrected chi connectivity index (χ3v) is 7.51. The molecule has 2 aliphatic heterocycles. The van der Waals surface area contributed by atoms with Gasteiger partial charge in [-0.2, -0.15) is 0 Å². The lowest BCUT2D eigenvalue weighted by molar-refractivity contribution is -0.265. The SMILES string of the molecule is O=S(=O)(c1ccc(F)c(F)c1)c1ccc2c(c1)C1(CN2CC2CC2)OCCCO1. The third kappa shape index (κ3) is 3.23. The van der Waals surface area contributed by atoms with Gasteiger partial charge in [-0.05, 0) is 61.6 Å². The number of hydrogen-bond donors (Lipinski definition) is 0. The number of fused-ring (bicyclic) bond motifs is 2. The maximum atomic E-state index is 13.6. The topological polar surface area (TPSA) is 55.8 Å². The number of benzene rings is 2. The average Bonchev–Trinajstić information content (AvgIpc) is 3.49. The standard InChI is InChI=1S/C21H21F2NO4S/c22-18-6-4-16(11-19(18)23)29(25,26)15-5-7-20-17(10-15)21(27-8-1-9-28-21)13-24(20)12-14-2-3-14/h4-7,10-11,14H,1-3,8-9,12-13H2. The van der Waals surface area contributed by atoms with Crippen molar-refractivity contribution in [2.45, 2.75) is 34.8 Å². The lowest BCUT2D eigenvalue weighted by Crippen LogP contribution is -2.42. The Balaban J connectivity index is 1.58. The van der Waals surface area contributed by atoms with E-state index in [9.17, 15) is 17.2 Å². The second-order valence-electron chi connectivity index (χ2n) is 7.89. The number of hydrogen-bond acceptors (Lipinski definition) is 5. The van der Waals surface area contributed by atoms with Crippen LogP contribution in [0.2, 0.25) is 0 Å². The van der Waals surface area contributed by atoms with Gasteiger partial charge in [0.1, 0.15) is 0 Å². The lowest BCUT2D eigenvalue weighted by Gasteiger charge is -2.34. The molecule has 2 heterocycles. The second-order valence-corrected chi connectivity index (χ2v) is 9.84. The van der Waals surface area contributed by atoms with Gasteiger partial charge in [0.05, 0.1) is 29.5 Å². The maximum absolute atomic E-state index is 13.6. The smallest absolute Gasteiger partial charge is 0.215 e. The normalized spacial score (nSPS) is 20.8. The molecule has 154 valence electrons. The van der Waals surface area contributed by atoms with Crippen molar-refractivity contribution in [2.75, 3.05) is 31.2 Å². The van der Waals surface area contributed by atoms with Gasteiger partial charge < -0.3 is 14.4 Å². The van der Waals surface area contributed by atoms with E-state index in [2.05, 4.69) is 4.90 Å². The number of ether oxygens (including phenoxy) is 2. The van der Waals surface area contributed by atoms with Crippen LogP contribution in [0.4, 0.5) is 14.5 Å². The van der Waals surface area contributed by atoms with Crippen molar-refractivity contribution < 1.29 is 26.7 Å². The summed E-state index contributed by atoms with van der Waals surface area (Å²) < 4.78 is 65.0. The zero-order chi connectivity index (χ0) is 20.2. The van der Waals surface area contributed by atoms with E-state index in [1.165, 1.54) is 18.9 Å². The highest BCUT2D eigenvalue weighted by atomic mass is 32.2. The number of halogens is 2. The van der Waals surface area contributed by atoms with Crippen molar-refractivity contribution in [3.8, 4) is 0 Å². The summed E-state index contributed by atoms with van der Waals surface area (Å²) in [5.74, 6) is -2.62. The molecule has 5 rings (SSSR count). The monoisotopic (exact) mass is 421 g/mol. The molecular weight excluding hydrogens is 400 g/mol. The summed E-state index contributed by atoms with van der Waals surface area (Å²) in [5, 5.41) is 0. The summed E-state index contributed by atoms with van der Waals surface area (Å²) in [6, 6.07) is 7.44. The highest BCUT2D eigenvalue weighted by Crippen LogP contribution is 2.47. The average molecular weight is 421 g/mol. The molecule has 3 aliphatic rings. The predicted octanol–water partition coefficient (Wildman–Crippen LogP) is 3.62. The van der Waals surface area contributed by atoms with Crippen molar-refractivity contribution in [3.63, 3.8) is 0 Å². The Hall–Kier alpha value is -2.03. The molecule has 0 radical (unpaired) electrons. The van der Waals surface area contributed by atoms with Crippen LogP contribution in [0.5, 0.6) is 0 Å². The Morgan fingerprint density at radius 2 is 1.69 bits per heavy atom. The molecule has 0 amide bonds. The van der Waals surface area contributed by atoms with Crippen LogP contribution in [0.25, 0.3) is 0 Å². The van der Waals surface area contributed by atoms with E-state index >= 15 is 0 Å². The van der Waals surface area contributed by atoms with Crippen LogP contribution < -0.4 is 4.90 Å². The molecule has 2 fully saturated rings. The van der Waals surface area contributed by atoms with Gasteiger partial charge in [0.25, 0.3) is 0 Å². The third-order valence-electron chi connectivity index (χ3n) is 5.76. The minimum absolute atomic E-state index is 0.00711. The first-order valence-electron chi connectivity index (χ1n) is 9.77. The van der Waals surface area contributed by atoms with Crippen molar-refractivity contribution in [1.82, 2.24) is 0 Å². The zero-order valence-corrected chi connectivity index (χ0v) is 16.6. The first-order valence-corrected chi connectivity index (χ1v) is 11.2. The van der Waals surface area contributed by atoms with Crippen LogP contribution in [0.3, 0.4) is 0 Å². The first kappa shape index (κ1) is 19.0. The number of nitrogens with zero attached hydrogens (tertiary/aromatic N) is 1. The summed E-state index contributed by atoms with van der Waals surface area (Å²) in [6.45, 7) is 2.48. The minimum Gasteiger partial charge on any atom is -0.365 e. The van der Waals surface area contributed by atoms with Crippen LogP contribution in [0.15, 0.2) is 46.2 Å². The van der Waals surface area contributed by atoms with Gasteiger partial charge in [-0.25, -0.2) is 17.2 Å². The predicted molar refractivity (Wildman–Crippen MR) is 101 cm³/mol. The van der Waals surface area contributed by atoms with Crippen LogP contribution in [0.1, 0.15) is 24.8 Å². The molecule has 0 aromatic heterocycles. The van der Waals surface area contributed by atoms with E-state index < -0.39 is 27.3 Å². The highest BCUT2D eigenvalue weighted by molar-refractivity contribution is 7.91. The maximum Gasteiger partial charge on any atom is 0.215 e. The van der Waals surface area contributed by atoms with Crippen LogP contribution >= 0.6 is 0 Å². The van der Waals surface area contributed by atoms with Crippen molar-refractivity contribution in [3.05, 3.63) is 53.6 Å². The van der Waals surface area contributed by atoms with Crippen molar-refractivity contribution in [2.24, 2.45) is 5.92 Å². The minimum atomic E-state index is -4.02. The van der Waals surface area contributed by atoms with E-state index in [0.717, 1.165) is 30.8 Å².